The number of allylic oxidation sites excluding steroid dienone is 1. The predicted octanol–water partition coefficient (Wildman–Crippen LogP) is 4.68. The van der Waals surface area contributed by atoms with Crippen molar-refractivity contribution in [3.8, 4) is 0 Å². The summed E-state index contributed by atoms with van der Waals surface area (Å²) in [5.41, 5.74) is 2.12. The first-order chi connectivity index (χ1) is 23.8. The van der Waals surface area contributed by atoms with Crippen molar-refractivity contribution in [1.82, 2.24) is 25.1 Å². The molecule has 2 aliphatic heterocycles. The lowest BCUT2D eigenvalue weighted by molar-refractivity contribution is 0.00203. The van der Waals surface area contributed by atoms with E-state index in [9.17, 15) is 13.2 Å². The first-order valence-corrected chi connectivity index (χ1v) is 18.9. The molecule has 3 atom stereocenters. The van der Waals surface area contributed by atoms with Crippen LogP contribution in [0.2, 0.25) is 0 Å². The zero-order chi connectivity index (χ0) is 34.4. The summed E-state index contributed by atoms with van der Waals surface area (Å²) in [6, 6.07) is 17.9. The summed E-state index contributed by atoms with van der Waals surface area (Å²) in [7, 11) is -0.495. The van der Waals surface area contributed by atoms with Gasteiger partial charge in [0.1, 0.15) is 11.0 Å². The Bertz CT molecular complexity index is 1680. The van der Waals surface area contributed by atoms with Gasteiger partial charge in [0, 0.05) is 88.0 Å². The lowest BCUT2D eigenvalue weighted by atomic mass is 9.58. The molecule has 12 heteroatoms. The average Bonchev–Trinajstić information content (AvgIpc) is 3.80. The van der Waals surface area contributed by atoms with E-state index in [2.05, 4.69) is 66.5 Å². The lowest BCUT2D eigenvalue weighted by Crippen LogP contribution is -2.55. The van der Waals surface area contributed by atoms with Gasteiger partial charge in [-0.25, -0.2) is 18.2 Å². The van der Waals surface area contributed by atoms with E-state index in [0.717, 1.165) is 83.3 Å². The number of imidazole rings is 1. The number of ether oxygens (including phenoxy) is 1. The summed E-state index contributed by atoms with van der Waals surface area (Å²) in [4.78, 5) is 21.9. The number of alkyl carbamates (subject to hydrolysis) is 1. The minimum atomic E-state index is -3.74. The molecule has 1 amide bonds. The monoisotopic (exact) mass is 687 g/mol. The molecular weight excluding hydrogens is 639 g/mol. The Morgan fingerprint density at radius 2 is 1.78 bits per heavy atom. The molecule has 3 N–H and O–H groups in total. The van der Waals surface area contributed by atoms with E-state index in [0.29, 0.717) is 11.8 Å². The standard InChI is InChI=1S/C37H49N7O4S/c1-39-22-33(21-38)49(46,47)32-13-11-31(12-14-32)44-24-28(25-44)23-42-18-15-30(16-19-42)37(26-43-20-17-41-27-43,29-7-4-3-5-8-29)34-9-6-10-35(34)48-36(45)40-2/h3-5,7-8,11-14,17,20-22,27-28,30,34-35,38-39H,6,9-10,15-16,18-19,23-26H2,1-2H3,(H,40,45)/b33-22+,38-21?/t34-,35-,37?/m0/s1. The van der Waals surface area contributed by atoms with Gasteiger partial charge in [0.25, 0.3) is 0 Å². The molecular formula is C37H49N7O4S. The van der Waals surface area contributed by atoms with Crippen LogP contribution in [0.3, 0.4) is 0 Å². The Hall–Kier alpha value is -4.16. The molecule has 3 aliphatic rings. The van der Waals surface area contributed by atoms with Gasteiger partial charge in [0.15, 0.2) is 0 Å². The number of amides is 1. The molecule has 49 heavy (non-hydrogen) atoms. The fourth-order valence-electron chi connectivity index (χ4n) is 8.58. The van der Waals surface area contributed by atoms with Crippen molar-refractivity contribution >= 4 is 27.8 Å². The minimum Gasteiger partial charge on any atom is -0.446 e. The molecule has 1 unspecified atom stereocenters. The lowest BCUT2D eigenvalue weighted by Gasteiger charge is -2.51. The molecule has 0 spiro atoms. The van der Waals surface area contributed by atoms with Gasteiger partial charge in [-0.3, -0.25) is 0 Å². The fraction of sp³-hybridized carbons (Fsp3) is 0.486. The van der Waals surface area contributed by atoms with Crippen LogP contribution in [0.4, 0.5) is 10.5 Å². The maximum atomic E-state index is 12.9. The highest BCUT2D eigenvalue weighted by Gasteiger charge is 2.53. The van der Waals surface area contributed by atoms with Crippen molar-refractivity contribution in [2.75, 3.05) is 51.7 Å². The maximum Gasteiger partial charge on any atom is 0.407 e. The van der Waals surface area contributed by atoms with Crippen molar-refractivity contribution in [2.24, 2.45) is 17.8 Å². The number of anilines is 1. The Morgan fingerprint density at radius 3 is 2.41 bits per heavy atom. The largest absolute Gasteiger partial charge is 0.446 e. The molecule has 2 aromatic carbocycles. The number of carbonyl (C=O) groups is 1. The molecule has 11 nitrogen and oxygen atoms in total. The second kappa shape index (κ2) is 15.2. The van der Waals surface area contributed by atoms with E-state index in [-0.39, 0.29) is 33.3 Å². The van der Waals surface area contributed by atoms with Crippen molar-refractivity contribution in [3.63, 3.8) is 0 Å². The van der Waals surface area contributed by atoms with Gasteiger partial charge in [-0.15, -0.1) is 0 Å². The van der Waals surface area contributed by atoms with Gasteiger partial charge >= 0.3 is 6.09 Å². The summed E-state index contributed by atoms with van der Waals surface area (Å²) in [5, 5.41) is 12.9. The van der Waals surface area contributed by atoms with Crippen LogP contribution in [-0.4, -0.2) is 88.1 Å². The number of rotatable bonds is 13. The second-order valence-electron chi connectivity index (χ2n) is 13.7. The topological polar surface area (TPSA) is 133 Å². The maximum absolute atomic E-state index is 12.9. The van der Waals surface area contributed by atoms with Crippen LogP contribution in [0.15, 0.2) is 89.3 Å². The number of carbonyl (C=O) groups excluding carboxylic acids is 1. The third-order valence-electron chi connectivity index (χ3n) is 10.9. The number of aromatic nitrogens is 2. The van der Waals surface area contributed by atoms with Crippen LogP contribution < -0.4 is 15.5 Å². The van der Waals surface area contributed by atoms with Crippen molar-refractivity contribution in [3.05, 3.63) is 90.0 Å². The van der Waals surface area contributed by atoms with Crippen LogP contribution in [-0.2, 0) is 26.5 Å². The van der Waals surface area contributed by atoms with Crippen LogP contribution in [0, 0.1) is 23.2 Å². The fourth-order valence-corrected chi connectivity index (χ4v) is 9.77. The van der Waals surface area contributed by atoms with E-state index < -0.39 is 9.84 Å². The zero-order valence-corrected chi connectivity index (χ0v) is 29.3. The van der Waals surface area contributed by atoms with Crippen LogP contribution in [0.25, 0.3) is 0 Å². The second-order valence-corrected chi connectivity index (χ2v) is 15.6. The Balaban J connectivity index is 1.12. The SMILES string of the molecule is CN/C=C(\C=N)S(=O)(=O)c1ccc(N2CC(CN3CCC(C(Cn4ccnc4)(c4ccccc4)[C@H]4CCC[C@@H]4OC(=O)NC)CC3)C2)cc1. The normalized spacial score (nSPS) is 22.2. The number of benzene rings is 2. The number of hydrogen-bond acceptors (Lipinski definition) is 9. The predicted molar refractivity (Wildman–Crippen MR) is 191 cm³/mol. The van der Waals surface area contributed by atoms with Gasteiger partial charge in [0.05, 0.1) is 11.2 Å². The molecule has 1 aliphatic carbocycles. The van der Waals surface area contributed by atoms with Crippen molar-refractivity contribution < 1.29 is 17.9 Å². The van der Waals surface area contributed by atoms with E-state index in [1.54, 1.807) is 26.2 Å². The highest BCUT2D eigenvalue weighted by Crippen LogP contribution is 2.52. The third kappa shape index (κ3) is 7.26. The summed E-state index contributed by atoms with van der Waals surface area (Å²) >= 11 is 0. The number of piperidine rings is 1. The summed E-state index contributed by atoms with van der Waals surface area (Å²) in [6.07, 6.45) is 12.6. The van der Waals surface area contributed by atoms with Gasteiger partial charge in [-0.2, -0.15) is 0 Å². The molecule has 3 aromatic rings. The number of nitrogens with zero attached hydrogens (tertiary/aromatic N) is 4. The zero-order valence-electron chi connectivity index (χ0n) is 28.5. The molecule has 2 saturated heterocycles. The first kappa shape index (κ1) is 34.7. The number of sulfone groups is 1. The van der Waals surface area contributed by atoms with Gasteiger partial charge in [-0.05, 0) is 80.9 Å². The van der Waals surface area contributed by atoms with Crippen LogP contribution in [0.1, 0.15) is 37.7 Å². The molecule has 1 saturated carbocycles. The van der Waals surface area contributed by atoms with Gasteiger partial charge < -0.3 is 35.1 Å². The van der Waals surface area contributed by atoms with E-state index in [1.807, 2.05) is 24.7 Å². The van der Waals surface area contributed by atoms with Crippen LogP contribution >= 0.6 is 0 Å². The molecule has 6 rings (SSSR count). The Labute approximate surface area is 290 Å². The Morgan fingerprint density at radius 1 is 1.04 bits per heavy atom. The Kier molecular flexibility index (Phi) is 10.7. The average molecular weight is 688 g/mol. The molecule has 3 heterocycles. The summed E-state index contributed by atoms with van der Waals surface area (Å²) in [6.45, 7) is 5.76. The van der Waals surface area contributed by atoms with E-state index in [1.165, 1.54) is 11.8 Å². The number of nitrogens with one attached hydrogen (secondary N) is 3. The highest BCUT2D eigenvalue weighted by molar-refractivity contribution is 7.96. The molecule has 0 bridgehead atoms. The minimum absolute atomic E-state index is 0.0708. The summed E-state index contributed by atoms with van der Waals surface area (Å²) in [5.74, 6) is 1.16. The highest BCUT2D eigenvalue weighted by atomic mass is 32.2. The van der Waals surface area contributed by atoms with Gasteiger partial charge in [0.2, 0.25) is 9.84 Å². The quantitative estimate of drug-likeness (QED) is 0.221. The molecule has 3 fully saturated rings. The number of likely N-dealkylation sites (tertiary alicyclic amines) is 1. The molecule has 1 aromatic heterocycles. The van der Waals surface area contributed by atoms with Crippen LogP contribution in [0.5, 0.6) is 0 Å². The van der Waals surface area contributed by atoms with Crippen molar-refractivity contribution in [2.45, 2.75) is 55.1 Å². The first-order valence-electron chi connectivity index (χ1n) is 17.4. The van der Waals surface area contributed by atoms with Crippen molar-refractivity contribution in [1.29, 1.82) is 5.41 Å². The van der Waals surface area contributed by atoms with E-state index >= 15 is 0 Å². The third-order valence-corrected chi connectivity index (χ3v) is 12.7. The molecule has 0 radical (unpaired) electrons. The van der Waals surface area contributed by atoms with Gasteiger partial charge in [-0.1, -0.05) is 30.3 Å². The molecule has 262 valence electrons. The smallest absolute Gasteiger partial charge is 0.407 e. The summed E-state index contributed by atoms with van der Waals surface area (Å²) < 4.78 is 34.0. The number of hydrogen-bond donors (Lipinski definition) is 3. The van der Waals surface area contributed by atoms with E-state index in [4.69, 9.17) is 10.1 Å².